The zero-order chi connectivity index (χ0) is 12.2. The van der Waals surface area contributed by atoms with Gasteiger partial charge in [0.2, 0.25) is 0 Å². The highest BCUT2D eigenvalue weighted by Crippen LogP contribution is 2.24. The molecular weight excluding hydrogens is 228 g/mol. The lowest BCUT2D eigenvalue weighted by atomic mass is 10.2. The first-order valence-corrected chi connectivity index (χ1v) is 4.30. The first-order chi connectivity index (χ1) is 7.45. The van der Waals surface area contributed by atoms with Crippen molar-refractivity contribution >= 4 is 6.29 Å². The quantitative estimate of drug-likeness (QED) is 0.580. The Morgan fingerprint density at radius 2 is 1.81 bits per heavy atom. The van der Waals surface area contributed by atoms with Crippen molar-refractivity contribution in [1.29, 1.82) is 0 Å². The van der Waals surface area contributed by atoms with Gasteiger partial charge in [-0.2, -0.15) is 8.78 Å². The third-order valence-electron chi connectivity index (χ3n) is 1.77. The lowest BCUT2D eigenvalue weighted by Gasteiger charge is -2.15. The average Bonchev–Trinajstić information content (AvgIpc) is 2.27. The van der Waals surface area contributed by atoms with Crippen LogP contribution in [0.25, 0.3) is 0 Å². The number of alkyl halides is 4. The van der Waals surface area contributed by atoms with Gasteiger partial charge in [-0.15, -0.1) is 0 Å². The van der Waals surface area contributed by atoms with Crippen molar-refractivity contribution < 1.29 is 27.1 Å². The molecule has 0 unspecified atom stereocenters. The SMILES string of the molecule is O=Cc1ccc(OCC(F)(F)C(F)F)cc1. The first kappa shape index (κ1) is 12.5. The fourth-order valence-corrected chi connectivity index (χ4v) is 0.885. The van der Waals surface area contributed by atoms with E-state index in [9.17, 15) is 22.4 Å². The number of halogens is 4. The number of rotatable bonds is 5. The molecule has 1 aromatic rings. The molecule has 1 aromatic carbocycles. The fourth-order valence-electron chi connectivity index (χ4n) is 0.885. The number of ether oxygens (including phenoxy) is 1. The van der Waals surface area contributed by atoms with Crippen LogP contribution in [-0.4, -0.2) is 25.2 Å². The third-order valence-corrected chi connectivity index (χ3v) is 1.77. The molecule has 0 atom stereocenters. The molecular formula is C10H8F4O2. The van der Waals surface area contributed by atoms with Gasteiger partial charge in [0.25, 0.3) is 0 Å². The van der Waals surface area contributed by atoms with Crippen LogP contribution in [0.2, 0.25) is 0 Å². The second kappa shape index (κ2) is 4.96. The van der Waals surface area contributed by atoms with Crippen LogP contribution in [-0.2, 0) is 0 Å². The molecule has 0 N–H and O–H groups in total. The Labute approximate surface area is 88.8 Å². The highest BCUT2D eigenvalue weighted by molar-refractivity contribution is 5.74. The van der Waals surface area contributed by atoms with Crippen molar-refractivity contribution in [1.82, 2.24) is 0 Å². The monoisotopic (exact) mass is 236 g/mol. The van der Waals surface area contributed by atoms with Gasteiger partial charge in [-0.05, 0) is 24.3 Å². The second-order valence-electron chi connectivity index (χ2n) is 3.04. The van der Waals surface area contributed by atoms with Crippen molar-refractivity contribution in [3.8, 4) is 5.75 Å². The number of hydrogen-bond donors (Lipinski definition) is 0. The molecule has 16 heavy (non-hydrogen) atoms. The summed E-state index contributed by atoms with van der Waals surface area (Å²) in [6.07, 6.45) is -3.20. The standard InChI is InChI=1S/C10H8F4O2/c11-9(12)10(13,14)6-16-8-3-1-7(5-15)2-4-8/h1-5,9H,6H2. The molecule has 1 rings (SSSR count). The number of aldehydes is 1. The molecule has 0 aliphatic rings. The van der Waals surface area contributed by atoms with E-state index in [-0.39, 0.29) is 5.75 Å². The van der Waals surface area contributed by atoms with Crippen LogP contribution in [0.4, 0.5) is 17.6 Å². The van der Waals surface area contributed by atoms with Crippen molar-refractivity contribution in [3.05, 3.63) is 29.8 Å². The minimum atomic E-state index is -4.18. The van der Waals surface area contributed by atoms with Crippen molar-refractivity contribution in [2.45, 2.75) is 12.3 Å². The Kier molecular flexibility index (Phi) is 3.87. The molecule has 6 heteroatoms. The summed E-state index contributed by atoms with van der Waals surface area (Å²) in [6.45, 7) is -1.40. The number of carbonyl (C=O) groups is 1. The Balaban J connectivity index is 2.58. The van der Waals surface area contributed by atoms with Crippen molar-refractivity contribution in [2.75, 3.05) is 6.61 Å². The molecule has 2 nitrogen and oxygen atoms in total. The van der Waals surface area contributed by atoms with Gasteiger partial charge in [0, 0.05) is 5.56 Å². The molecule has 0 bridgehead atoms. The highest BCUT2D eigenvalue weighted by Gasteiger charge is 2.41. The number of carbonyl (C=O) groups excluding carboxylic acids is 1. The average molecular weight is 236 g/mol. The Hall–Kier alpha value is -1.59. The molecule has 0 radical (unpaired) electrons. The predicted molar refractivity (Wildman–Crippen MR) is 48.3 cm³/mol. The lowest BCUT2D eigenvalue weighted by molar-refractivity contribution is -0.148. The minimum Gasteiger partial charge on any atom is -0.487 e. The van der Waals surface area contributed by atoms with Gasteiger partial charge in [0.15, 0.2) is 6.61 Å². The summed E-state index contributed by atoms with van der Waals surface area (Å²) in [6, 6.07) is 5.18. The molecule has 0 aliphatic carbocycles. The number of benzene rings is 1. The molecule has 0 aromatic heterocycles. The largest absolute Gasteiger partial charge is 0.487 e. The van der Waals surface area contributed by atoms with E-state index in [1.165, 1.54) is 24.3 Å². The predicted octanol–water partition coefficient (Wildman–Crippen LogP) is 2.78. The fraction of sp³-hybridized carbons (Fsp3) is 0.300. The summed E-state index contributed by atoms with van der Waals surface area (Å²) >= 11 is 0. The van der Waals surface area contributed by atoms with Gasteiger partial charge in [0.1, 0.15) is 12.0 Å². The van der Waals surface area contributed by atoms with Crippen LogP contribution >= 0.6 is 0 Å². The zero-order valence-electron chi connectivity index (χ0n) is 8.00. The molecule has 0 heterocycles. The van der Waals surface area contributed by atoms with Gasteiger partial charge >= 0.3 is 12.3 Å². The molecule has 0 saturated heterocycles. The summed E-state index contributed by atoms with van der Waals surface area (Å²) in [7, 11) is 0. The lowest BCUT2D eigenvalue weighted by Crippen LogP contribution is -2.33. The first-order valence-electron chi connectivity index (χ1n) is 4.30. The maximum Gasteiger partial charge on any atom is 0.340 e. The summed E-state index contributed by atoms with van der Waals surface area (Å²) in [5, 5.41) is 0. The van der Waals surface area contributed by atoms with Gasteiger partial charge in [-0.25, -0.2) is 8.78 Å². The van der Waals surface area contributed by atoms with E-state index >= 15 is 0 Å². The maximum atomic E-state index is 12.4. The van der Waals surface area contributed by atoms with Crippen LogP contribution in [0.15, 0.2) is 24.3 Å². The summed E-state index contributed by atoms with van der Waals surface area (Å²) < 4.78 is 52.9. The van der Waals surface area contributed by atoms with E-state index in [0.29, 0.717) is 11.8 Å². The molecule has 0 amide bonds. The second-order valence-corrected chi connectivity index (χ2v) is 3.04. The summed E-state index contributed by atoms with van der Waals surface area (Å²) in [5.74, 6) is -4.17. The Morgan fingerprint density at radius 1 is 1.25 bits per heavy atom. The topological polar surface area (TPSA) is 26.3 Å². The van der Waals surface area contributed by atoms with E-state index in [1.807, 2.05) is 0 Å². The van der Waals surface area contributed by atoms with E-state index in [1.54, 1.807) is 0 Å². The highest BCUT2D eigenvalue weighted by atomic mass is 19.3. The van der Waals surface area contributed by atoms with Gasteiger partial charge < -0.3 is 4.74 Å². The van der Waals surface area contributed by atoms with E-state index in [4.69, 9.17) is 0 Å². The third kappa shape index (κ3) is 3.22. The molecule has 0 spiro atoms. The van der Waals surface area contributed by atoms with Crippen LogP contribution in [0.1, 0.15) is 10.4 Å². The molecule has 88 valence electrons. The molecule has 0 aliphatic heterocycles. The minimum absolute atomic E-state index is 0.00549. The van der Waals surface area contributed by atoms with Gasteiger partial charge in [0.05, 0.1) is 0 Å². The molecule has 0 fully saturated rings. The van der Waals surface area contributed by atoms with Gasteiger partial charge in [-0.1, -0.05) is 0 Å². The Bertz CT molecular complexity index is 348. The smallest absolute Gasteiger partial charge is 0.340 e. The summed E-state index contributed by atoms with van der Waals surface area (Å²) in [5.41, 5.74) is 0.341. The maximum absolute atomic E-state index is 12.4. The van der Waals surface area contributed by atoms with Crippen LogP contribution in [0, 0.1) is 0 Å². The molecule has 0 saturated carbocycles. The van der Waals surface area contributed by atoms with E-state index in [0.717, 1.165) is 0 Å². The van der Waals surface area contributed by atoms with Crippen molar-refractivity contribution in [3.63, 3.8) is 0 Å². The zero-order valence-corrected chi connectivity index (χ0v) is 8.00. The van der Waals surface area contributed by atoms with E-state index < -0.39 is 19.0 Å². The van der Waals surface area contributed by atoms with Crippen LogP contribution in [0.3, 0.4) is 0 Å². The number of hydrogen-bond acceptors (Lipinski definition) is 2. The van der Waals surface area contributed by atoms with Gasteiger partial charge in [-0.3, -0.25) is 4.79 Å². The normalized spacial score (nSPS) is 11.6. The van der Waals surface area contributed by atoms with Crippen molar-refractivity contribution in [2.24, 2.45) is 0 Å². The van der Waals surface area contributed by atoms with Crippen LogP contribution < -0.4 is 4.74 Å². The Morgan fingerprint density at radius 3 is 2.25 bits per heavy atom. The van der Waals surface area contributed by atoms with Crippen LogP contribution in [0.5, 0.6) is 5.75 Å². The van der Waals surface area contributed by atoms with E-state index in [2.05, 4.69) is 4.74 Å². The summed E-state index contributed by atoms with van der Waals surface area (Å²) in [4.78, 5) is 10.3.